The summed E-state index contributed by atoms with van der Waals surface area (Å²) in [4.78, 5) is 26.3. The van der Waals surface area contributed by atoms with E-state index in [1.807, 2.05) is 44.2 Å². The van der Waals surface area contributed by atoms with Crippen molar-refractivity contribution < 1.29 is 24.9 Å². The summed E-state index contributed by atoms with van der Waals surface area (Å²) >= 11 is 0. The van der Waals surface area contributed by atoms with Crippen LogP contribution in [0.1, 0.15) is 55.1 Å². The van der Waals surface area contributed by atoms with Gasteiger partial charge < -0.3 is 15.3 Å². The molecule has 0 amide bonds. The third-order valence-electron chi connectivity index (χ3n) is 8.62. The van der Waals surface area contributed by atoms with E-state index >= 15 is 0 Å². The zero-order valence-electron chi connectivity index (χ0n) is 20.3. The molecule has 0 heterocycles. The molecule has 3 aliphatic rings. The predicted molar refractivity (Wildman–Crippen MR) is 134 cm³/mol. The molecule has 0 fully saturated rings. The number of aliphatic hydroxyl groups excluding tert-OH is 2. The maximum absolute atomic E-state index is 14.0. The maximum Gasteiger partial charge on any atom is 0.193 e. The first-order valence-electron chi connectivity index (χ1n) is 12.0. The number of carbonyl (C=O) groups is 2. The molecule has 2 aromatic rings. The molecule has 5 rings (SSSR count). The molecule has 35 heavy (non-hydrogen) atoms. The Morgan fingerprint density at radius 1 is 1.17 bits per heavy atom. The summed E-state index contributed by atoms with van der Waals surface area (Å²) in [5, 5.41) is 31.1. The lowest BCUT2D eigenvalue weighted by Gasteiger charge is -2.51. The second-order valence-corrected chi connectivity index (χ2v) is 10.3. The molecular formula is C30H30O5. The van der Waals surface area contributed by atoms with Crippen molar-refractivity contribution in [1.29, 1.82) is 0 Å². The molecule has 0 saturated carbocycles. The quantitative estimate of drug-likeness (QED) is 0.542. The van der Waals surface area contributed by atoms with Gasteiger partial charge in [-0.3, -0.25) is 9.59 Å². The fraction of sp³-hybridized carbons (Fsp3) is 0.333. The summed E-state index contributed by atoms with van der Waals surface area (Å²) in [6.45, 7) is 9.53. The van der Waals surface area contributed by atoms with E-state index in [4.69, 9.17) is 0 Å². The molecule has 0 radical (unpaired) electrons. The molecular weight excluding hydrogens is 440 g/mol. The average Bonchev–Trinajstić information content (AvgIpc) is 2.81. The Kier molecular flexibility index (Phi) is 5.37. The van der Waals surface area contributed by atoms with Crippen LogP contribution in [0.5, 0.6) is 5.75 Å². The molecule has 3 atom stereocenters. The van der Waals surface area contributed by atoms with Gasteiger partial charge in [-0.2, -0.15) is 0 Å². The van der Waals surface area contributed by atoms with E-state index in [1.165, 1.54) is 6.92 Å². The van der Waals surface area contributed by atoms with Crippen molar-refractivity contribution in [2.24, 2.45) is 17.3 Å². The van der Waals surface area contributed by atoms with E-state index in [1.54, 1.807) is 6.07 Å². The molecule has 0 bridgehead atoms. The SMILES string of the molecule is C=C1C(C(C)=O)=C(O)C[C@@H]2C[C@@H]3Cc4c(-c5cccc(CO)c5)ccc(O)c4C(=O)C3=C(C)[C@]12C. The van der Waals surface area contributed by atoms with Gasteiger partial charge in [0.2, 0.25) is 0 Å². The number of rotatable bonds is 3. The highest BCUT2D eigenvalue weighted by Gasteiger charge is 2.52. The second-order valence-electron chi connectivity index (χ2n) is 10.3. The van der Waals surface area contributed by atoms with Crippen LogP contribution in [0.15, 0.2) is 71.0 Å². The van der Waals surface area contributed by atoms with Crippen LogP contribution in [0.2, 0.25) is 0 Å². The van der Waals surface area contributed by atoms with Gasteiger partial charge >= 0.3 is 0 Å². The summed E-state index contributed by atoms with van der Waals surface area (Å²) in [5.41, 5.74) is 5.49. The lowest BCUT2D eigenvalue weighted by molar-refractivity contribution is -0.113. The van der Waals surface area contributed by atoms with Crippen LogP contribution >= 0.6 is 0 Å². The van der Waals surface area contributed by atoms with E-state index in [2.05, 4.69) is 6.58 Å². The number of ketones is 2. The second kappa shape index (κ2) is 8.06. The summed E-state index contributed by atoms with van der Waals surface area (Å²) in [7, 11) is 0. The Hall–Kier alpha value is -3.44. The van der Waals surface area contributed by atoms with Crippen molar-refractivity contribution in [3.8, 4) is 16.9 Å². The van der Waals surface area contributed by atoms with Gasteiger partial charge in [0.05, 0.1) is 17.7 Å². The molecule has 0 unspecified atom stereocenters. The predicted octanol–water partition coefficient (Wildman–Crippen LogP) is 5.61. The fourth-order valence-corrected chi connectivity index (χ4v) is 6.66. The monoisotopic (exact) mass is 470 g/mol. The average molecular weight is 471 g/mol. The van der Waals surface area contributed by atoms with Crippen molar-refractivity contribution in [2.75, 3.05) is 0 Å². The van der Waals surface area contributed by atoms with Gasteiger partial charge in [0.15, 0.2) is 11.6 Å². The maximum atomic E-state index is 14.0. The highest BCUT2D eigenvalue weighted by Crippen LogP contribution is 2.59. The highest BCUT2D eigenvalue weighted by molar-refractivity contribution is 6.14. The molecule has 180 valence electrons. The number of phenols is 1. The first-order valence-corrected chi connectivity index (χ1v) is 12.0. The third-order valence-corrected chi connectivity index (χ3v) is 8.62. The molecule has 5 nitrogen and oxygen atoms in total. The van der Waals surface area contributed by atoms with E-state index in [-0.39, 0.29) is 47.1 Å². The number of aromatic hydroxyl groups is 1. The van der Waals surface area contributed by atoms with Crippen LogP contribution in [0.3, 0.4) is 0 Å². The number of aliphatic hydroxyl groups is 2. The molecule has 5 heteroatoms. The van der Waals surface area contributed by atoms with Crippen molar-refractivity contribution in [3.05, 3.63) is 87.7 Å². The van der Waals surface area contributed by atoms with Crippen LogP contribution in [0.25, 0.3) is 11.1 Å². The van der Waals surface area contributed by atoms with Crippen molar-refractivity contribution >= 4 is 11.6 Å². The summed E-state index contributed by atoms with van der Waals surface area (Å²) in [6.07, 6.45) is 1.64. The van der Waals surface area contributed by atoms with Gasteiger partial charge in [0.1, 0.15) is 11.5 Å². The number of fused-ring (bicyclic) bond motifs is 3. The number of carbonyl (C=O) groups excluding carboxylic acids is 2. The zero-order valence-corrected chi connectivity index (χ0v) is 20.3. The summed E-state index contributed by atoms with van der Waals surface area (Å²) in [6, 6.07) is 11.0. The largest absolute Gasteiger partial charge is 0.512 e. The van der Waals surface area contributed by atoms with Gasteiger partial charge in [-0.15, -0.1) is 0 Å². The number of phenolic OH excluding ortho intramolecular Hbond substituents is 1. The Bertz CT molecular complexity index is 1380. The van der Waals surface area contributed by atoms with E-state index in [0.29, 0.717) is 36.0 Å². The molecule has 2 aromatic carbocycles. The van der Waals surface area contributed by atoms with Crippen LogP contribution in [-0.4, -0.2) is 26.9 Å². The minimum atomic E-state index is -0.616. The Morgan fingerprint density at radius 3 is 2.60 bits per heavy atom. The molecule has 0 spiro atoms. The Morgan fingerprint density at radius 2 is 1.91 bits per heavy atom. The molecule has 0 aliphatic heterocycles. The minimum absolute atomic E-state index is 0.0136. The molecule has 3 aliphatic carbocycles. The van der Waals surface area contributed by atoms with E-state index < -0.39 is 5.41 Å². The standard InChI is InChI=1S/C30H30O5/c1-15-26(17(3)32)25(34)13-21-11-20-12-23-22(19-7-5-6-18(10-19)14-31)8-9-24(33)28(23)29(35)27(20)16(2)30(15,21)4/h5-10,20-21,31,33-34H,1,11-14H2,2-4H3/t20-,21+,30+/m1/s1. The fourth-order valence-electron chi connectivity index (χ4n) is 6.66. The molecule has 3 N–H and O–H groups in total. The topological polar surface area (TPSA) is 94.8 Å². The Balaban J connectivity index is 1.68. The first-order chi connectivity index (χ1) is 16.6. The van der Waals surface area contributed by atoms with Gasteiger partial charge in [0.25, 0.3) is 0 Å². The zero-order chi connectivity index (χ0) is 25.2. The normalized spacial score (nSPS) is 25.8. The highest BCUT2D eigenvalue weighted by atomic mass is 16.3. The van der Waals surface area contributed by atoms with E-state index in [0.717, 1.165) is 27.8 Å². The number of hydrogen-bond donors (Lipinski definition) is 3. The van der Waals surface area contributed by atoms with Gasteiger partial charge in [-0.05, 0) is 78.5 Å². The van der Waals surface area contributed by atoms with Crippen LogP contribution < -0.4 is 0 Å². The van der Waals surface area contributed by atoms with Crippen LogP contribution in [0, 0.1) is 17.3 Å². The smallest absolute Gasteiger partial charge is 0.193 e. The van der Waals surface area contributed by atoms with Crippen molar-refractivity contribution in [3.63, 3.8) is 0 Å². The third kappa shape index (κ3) is 3.25. The number of hydrogen-bond acceptors (Lipinski definition) is 5. The summed E-state index contributed by atoms with van der Waals surface area (Å²) < 4.78 is 0. The minimum Gasteiger partial charge on any atom is -0.512 e. The van der Waals surface area contributed by atoms with Crippen LogP contribution in [0.4, 0.5) is 0 Å². The number of Topliss-reactive ketones (excluding diaryl/α,β-unsaturated/α-hetero) is 2. The van der Waals surface area contributed by atoms with Gasteiger partial charge in [-0.25, -0.2) is 0 Å². The van der Waals surface area contributed by atoms with Crippen molar-refractivity contribution in [1.82, 2.24) is 0 Å². The molecule has 0 saturated heterocycles. The lowest BCUT2D eigenvalue weighted by Crippen LogP contribution is -2.44. The lowest BCUT2D eigenvalue weighted by atomic mass is 9.52. The molecule has 0 aromatic heterocycles. The van der Waals surface area contributed by atoms with E-state index in [9.17, 15) is 24.9 Å². The Labute approximate surface area is 205 Å². The summed E-state index contributed by atoms with van der Waals surface area (Å²) in [5.74, 6) is -0.402. The number of benzene rings is 2. The van der Waals surface area contributed by atoms with Crippen LogP contribution in [-0.2, 0) is 17.8 Å². The first kappa shape index (κ1) is 23.3. The van der Waals surface area contributed by atoms with Gasteiger partial charge in [-0.1, -0.05) is 43.3 Å². The van der Waals surface area contributed by atoms with Crippen molar-refractivity contribution in [2.45, 2.75) is 46.6 Å². The van der Waals surface area contributed by atoms with Gasteiger partial charge in [0, 0.05) is 17.4 Å². The number of allylic oxidation sites excluding steroid dienone is 5.